The number of halogens is 2. The quantitative estimate of drug-likeness (QED) is 0.908. The van der Waals surface area contributed by atoms with E-state index >= 15 is 0 Å². The van der Waals surface area contributed by atoms with Crippen LogP contribution in [0.3, 0.4) is 0 Å². The molecule has 0 atom stereocenters. The molecule has 1 rings (SSSR count). The summed E-state index contributed by atoms with van der Waals surface area (Å²) in [7, 11) is 1.60. The molecule has 1 N–H and O–H groups in total. The highest BCUT2D eigenvalue weighted by Gasteiger charge is 2.08. The zero-order valence-electron chi connectivity index (χ0n) is 8.80. The molecule has 0 radical (unpaired) electrons. The number of carbonyl (C=O) groups is 1. The van der Waals surface area contributed by atoms with E-state index in [1.54, 1.807) is 13.2 Å². The second-order valence-corrected chi connectivity index (χ2v) is 4.63. The number of carboxylic acid groups (broad SMARTS) is 1. The molecule has 0 heterocycles. The first-order chi connectivity index (χ1) is 7.54. The minimum absolute atomic E-state index is 0.104. The summed E-state index contributed by atoms with van der Waals surface area (Å²) in [6, 6.07) is 3.66. The molecule has 1 aromatic rings. The minimum Gasteiger partial charge on any atom is -0.481 e. The van der Waals surface area contributed by atoms with Gasteiger partial charge in [-0.1, -0.05) is 27.5 Å². The Hall–Kier alpha value is -0.580. The molecular weight excluding hydrogens is 295 g/mol. The van der Waals surface area contributed by atoms with Gasteiger partial charge in [-0.15, -0.1) is 0 Å². The largest absolute Gasteiger partial charge is 0.481 e. The number of methoxy groups -OCH3 is 1. The molecule has 0 aliphatic heterocycles. The summed E-state index contributed by atoms with van der Waals surface area (Å²) >= 11 is 9.47. The first-order valence-electron chi connectivity index (χ1n) is 4.72. The van der Waals surface area contributed by atoms with Crippen molar-refractivity contribution in [2.75, 3.05) is 7.11 Å². The lowest BCUT2D eigenvalue weighted by atomic mass is 10.1. The highest BCUT2D eigenvalue weighted by Crippen LogP contribution is 2.28. The number of benzene rings is 1. The van der Waals surface area contributed by atoms with E-state index < -0.39 is 5.97 Å². The number of aryl methyl sites for hydroxylation is 1. The van der Waals surface area contributed by atoms with Gasteiger partial charge in [-0.2, -0.15) is 0 Å². The van der Waals surface area contributed by atoms with E-state index in [2.05, 4.69) is 15.9 Å². The van der Waals surface area contributed by atoms with Gasteiger partial charge >= 0.3 is 5.97 Å². The maximum atomic E-state index is 10.4. The highest BCUT2D eigenvalue weighted by atomic mass is 79.9. The third-order valence-corrected chi connectivity index (χ3v) is 3.16. The Labute approximate surface area is 107 Å². The normalized spacial score (nSPS) is 10.4. The lowest BCUT2D eigenvalue weighted by molar-refractivity contribution is -0.136. The Morgan fingerprint density at radius 1 is 1.56 bits per heavy atom. The van der Waals surface area contributed by atoms with Gasteiger partial charge in [0.25, 0.3) is 0 Å². The Balaban J connectivity index is 2.86. The zero-order valence-corrected chi connectivity index (χ0v) is 11.1. The van der Waals surface area contributed by atoms with Gasteiger partial charge in [0, 0.05) is 28.6 Å². The van der Waals surface area contributed by atoms with Crippen LogP contribution in [0.4, 0.5) is 0 Å². The second-order valence-electron chi connectivity index (χ2n) is 3.36. The van der Waals surface area contributed by atoms with Crippen LogP contribution < -0.4 is 0 Å². The van der Waals surface area contributed by atoms with Crippen LogP contribution in [0.2, 0.25) is 5.02 Å². The molecule has 0 aromatic heterocycles. The molecular formula is C11H12BrClO3. The predicted octanol–water partition coefficient (Wildman–Crippen LogP) is 3.27. The standard InChI is InChI=1S/C11H12BrClO3/c1-16-6-8-9(12)4-7(5-10(8)13)2-3-11(14)15/h4-5H,2-3,6H2,1H3,(H,14,15). The topological polar surface area (TPSA) is 46.5 Å². The molecule has 0 bridgehead atoms. The van der Waals surface area contributed by atoms with E-state index in [9.17, 15) is 4.79 Å². The molecule has 0 saturated heterocycles. The molecule has 3 nitrogen and oxygen atoms in total. The zero-order chi connectivity index (χ0) is 12.1. The van der Waals surface area contributed by atoms with E-state index in [4.69, 9.17) is 21.4 Å². The van der Waals surface area contributed by atoms with Crippen LogP contribution in [0.1, 0.15) is 17.5 Å². The predicted molar refractivity (Wildman–Crippen MR) is 65.8 cm³/mol. The maximum absolute atomic E-state index is 10.4. The number of hydrogen-bond donors (Lipinski definition) is 1. The SMILES string of the molecule is COCc1c(Cl)cc(CCC(=O)O)cc1Br. The van der Waals surface area contributed by atoms with Crippen LogP contribution in [-0.4, -0.2) is 18.2 Å². The van der Waals surface area contributed by atoms with Crippen LogP contribution in [0.5, 0.6) is 0 Å². The Morgan fingerprint density at radius 3 is 2.75 bits per heavy atom. The van der Waals surface area contributed by atoms with Crippen molar-refractivity contribution >= 4 is 33.5 Å². The molecule has 0 spiro atoms. The summed E-state index contributed by atoms with van der Waals surface area (Å²) in [5.41, 5.74) is 1.78. The smallest absolute Gasteiger partial charge is 0.303 e. The Kier molecular flexibility index (Phi) is 5.25. The van der Waals surface area contributed by atoms with Crippen molar-refractivity contribution in [3.05, 3.63) is 32.8 Å². The van der Waals surface area contributed by atoms with Gasteiger partial charge in [0.1, 0.15) is 0 Å². The fourth-order valence-corrected chi connectivity index (χ4v) is 2.37. The molecule has 0 aliphatic rings. The van der Waals surface area contributed by atoms with E-state index in [-0.39, 0.29) is 6.42 Å². The number of ether oxygens (including phenoxy) is 1. The van der Waals surface area contributed by atoms with Crippen molar-refractivity contribution in [1.29, 1.82) is 0 Å². The Morgan fingerprint density at radius 2 is 2.25 bits per heavy atom. The van der Waals surface area contributed by atoms with Crippen molar-refractivity contribution < 1.29 is 14.6 Å². The first-order valence-corrected chi connectivity index (χ1v) is 5.89. The summed E-state index contributed by atoms with van der Waals surface area (Å²) in [5.74, 6) is -0.812. The van der Waals surface area contributed by atoms with Gasteiger partial charge in [-0.25, -0.2) is 0 Å². The molecule has 5 heteroatoms. The van der Waals surface area contributed by atoms with Gasteiger partial charge in [0.05, 0.1) is 6.61 Å². The van der Waals surface area contributed by atoms with Gasteiger partial charge < -0.3 is 9.84 Å². The van der Waals surface area contributed by atoms with Crippen LogP contribution in [0.25, 0.3) is 0 Å². The van der Waals surface area contributed by atoms with Crippen LogP contribution in [-0.2, 0) is 22.6 Å². The number of aliphatic carboxylic acids is 1. The van der Waals surface area contributed by atoms with Crippen molar-refractivity contribution in [3.8, 4) is 0 Å². The second kappa shape index (κ2) is 6.23. The summed E-state index contributed by atoms with van der Waals surface area (Å²) in [6.07, 6.45) is 0.577. The van der Waals surface area contributed by atoms with Gasteiger partial charge in [-0.3, -0.25) is 4.79 Å². The number of hydrogen-bond acceptors (Lipinski definition) is 2. The third kappa shape index (κ3) is 3.77. The summed E-state index contributed by atoms with van der Waals surface area (Å²) < 4.78 is 5.87. The van der Waals surface area contributed by atoms with E-state index in [1.165, 1.54) is 0 Å². The molecule has 0 saturated carbocycles. The molecule has 0 aliphatic carbocycles. The lowest BCUT2D eigenvalue weighted by Gasteiger charge is -2.09. The third-order valence-electron chi connectivity index (χ3n) is 2.12. The number of carboxylic acids is 1. The van der Waals surface area contributed by atoms with Gasteiger partial charge in [0.2, 0.25) is 0 Å². The fourth-order valence-electron chi connectivity index (χ4n) is 1.33. The van der Waals surface area contributed by atoms with Crippen molar-refractivity contribution in [1.82, 2.24) is 0 Å². The van der Waals surface area contributed by atoms with Gasteiger partial charge in [0.15, 0.2) is 0 Å². The molecule has 88 valence electrons. The summed E-state index contributed by atoms with van der Waals surface area (Å²) in [5, 5.41) is 9.18. The highest BCUT2D eigenvalue weighted by molar-refractivity contribution is 9.10. The van der Waals surface area contributed by atoms with Crippen molar-refractivity contribution in [3.63, 3.8) is 0 Å². The lowest BCUT2D eigenvalue weighted by Crippen LogP contribution is -1.99. The summed E-state index contributed by atoms with van der Waals surface area (Å²) in [4.78, 5) is 10.4. The number of rotatable bonds is 5. The van der Waals surface area contributed by atoms with Crippen LogP contribution >= 0.6 is 27.5 Å². The average Bonchev–Trinajstić information content (AvgIpc) is 2.20. The summed E-state index contributed by atoms with van der Waals surface area (Å²) in [6.45, 7) is 0.429. The van der Waals surface area contributed by atoms with Crippen molar-refractivity contribution in [2.24, 2.45) is 0 Å². The first kappa shape index (κ1) is 13.5. The van der Waals surface area contributed by atoms with Crippen LogP contribution in [0.15, 0.2) is 16.6 Å². The maximum Gasteiger partial charge on any atom is 0.303 e. The van der Waals surface area contributed by atoms with E-state index in [1.807, 2.05) is 6.07 Å². The van der Waals surface area contributed by atoms with E-state index in [0.29, 0.717) is 18.1 Å². The Bertz CT molecular complexity index is 370. The average molecular weight is 308 g/mol. The van der Waals surface area contributed by atoms with Crippen molar-refractivity contribution in [2.45, 2.75) is 19.4 Å². The molecule has 0 unspecified atom stereocenters. The minimum atomic E-state index is -0.812. The van der Waals surface area contributed by atoms with Crippen LogP contribution in [0, 0.1) is 0 Å². The fraction of sp³-hybridized carbons (Fsp3) is 0.364. The monoisotopic (exact) mass is 306 g/mol. The van der Waals surface area contributed by atoms with E-state index in [0.717, 1.165) is 15.6 Å². The van der Waals surface area contributed by atoms with Gasteiger partial charge in [-0.05, 0) is 24.1 Å². The molecule has 0 amide bonds. The molecule has 0 fully saturated rings. The molecule has 1 aromatic carbocycles. The molecule has 16 heavy (non-hydrogen) atoms.